The third-order valence-corrected chi connectivity index (χ3v) is 16.3. The molecule has 10 aromatic rings. The number of aromatic nitrogens is 3. The number of esters is 3. The van der Waals surface area contributed by atoms with Crippen molar-refractivity contribution < 1.29 is 103 Å². The predicted molar refractivity (Wildman–Crippen MR) is 375 cm³/mol. The van der Waals surface area contributed by atoms with Gasteiger partial charge < -0.3 is 45.5 Å². The van der Waals surface area contributed by atoms with Crippen molar-refractivity contribution in [1.82, 2.24) is 15.0 Å². The third kappa shape index (κ3) is 27.7. The molecule has 0 saturated carbocycles. The van der Waals surface area contributed by atoms with E-state index in [1.165, 1.54) is 106 Å². The molecule has 0 unspecified atom stereocenters. The first kappa shape index (κ1) is 84.2. The topological polar surface area (TPSA) is 288 Å². The predicted octanol–water partition coefficient (Wildman–Crippen LogP) is 16.6. The van der Waals surface area contributed by atoms with Gasteiger partial charge in [-0.3, -0.25) is 19.2 Å². The summed E-state index contributed by atoms with van der Waals surface area (Å²) in [5, 5.41) is 43.5. The van der Waals surface area contributed by atoms with Crippen molar-refractivity contribution in [2.24, 2.45) is 0 Å². The number of rotatable bonds is 17. The number of nitrogens with two attached hydrogens (primary N) is 1. The van der Waals surface area contributed by atoms with E-state index >= 15 is 0 Å². The smallest absolute Gasteiger partial charge is 0.489 e. The molecule has 10 rings (SSSR count). The molecular formula is C68H55BCl4F9N5O13S3. The Kier molecular flexibility index (Phi) is 33.1. The Morgan fingerprint density at radius 2 is 0.971 bits per heavy atom. The molecule has 0 bridgehead atoms. The van der Waals surface area contributed by atoms with E-state index in [1.807, 2.05) is 30.3 Å². The summed E-state index contributed by atoms with van der Waals surface area (Å²) >= 11 is 25.6. The monoisotopic (exact) mass is 1570 g/mol. The minimum absolute atomic E-state index is 0.0105. The summed E-state index contributed by atoms with van der Waals surface area (Å²) in [5.74, 6) is -2.89. The van der Waals surface area contributed by atoms with Crippen molar-refractivity contribution in [1.29, 1.82) is 0 Å². The average Bonchev–Trinajstić information content (AvgIpc) is 1.77. The van der Waals surface area contributed by atoms with Crippen LogP contribution in [0.4, 0.5) is 50.9 Å². The van der Waals surface area contributed by atoms with Gasteiger partial charge in [-0.1, -0.05) is 150 Å². The van der Waals surface area contributed by atoms with Gasteiger partial charge in [0.1, 0.15) is 21.6 Å². The Hall–Kier alpha value is -9.44. The van der Waals surface area contributed by atoms with Crippen LogP contribution in [0.15, 0.2) is 180 Å². The summed E-state index contributed by atoms with van der Waals surface area (Å²) in [6.07, 6.45) is -13.6. The van der Waals surface area contributed by atoms with Crippen LogP contribution in [0.2, 0.25) is 15.1 Å². The number of thiazole rings is 3. The number of alkyl halides is 9. The van der Waals surface area contributed by atoms with Crippen LogP contribution in [0.5, 0.6) is 5.88 Å². The Labute approximate surface area is 613 Å². The fourth-order valence-electron chi connectivity index (χ4n) is 8.30. The number of anilines is 2. The Morgan fingerprint density at radius 3 is 1.42 bits per heavy atom. The SMILES string of the molecule is CCOC(=O)Cc1nc(-c2ccccc2C(F)(F)F)cs1.CCOC(=O)Cc1nc(O)cs1.Nc1ccccc1C(=O)OCc1ccccc1.O=C(Cc1nc(-c2ccccc2C(F)(F)F)cs1)Nc1ccccc1C(=O)O.O=C(Cl)c1c(Cl)cc(Cl)cc1Cl.OB(O)c1ccccc1C(F)(F)F. The molecule has 0 aliphatic heterocycles. The molecule has 0 aliphatic carbocycles. The van der Waals surface area contributed by atoms with E-state index < -0.39 is 76.9 Å². The van der Waals surface area contributed by atoms with E-state index in [1.54, 1.807) is 44.2 Å². The zero-order chi connectivity index (χ0) is 76.2. The summed E-state index contributed by atoms with van der Waals surface area (Å²) in [6, 6.07) is 39.8. The second kappa shape index (κ2) is 40.4. The number of carbonyl (C=O) groups excluding carboxylic acids is 5. The molecule has 0 saturated heterocycles. The number of hydrogen-bond donors (Lipinski definition) is 6. The van der Waals surface area contributed by atoms with Crippen LogP contribution in [0.25, 0.3) is 22.5 Å². The number of aromatic hydroxyl groups is 1. The van der Waals surface area contributed by atoms with Crippen LogP contribution in [-0.2, 0) is 73.0 Å². The minimum atomic E-state index is -4.56. The highest BCUT2D eigenvalue weighted by molar-refractivity contribution is 7.10. The second-order valence-electron chi connectivity index (χ2n) is 20.1. The van der Waals surface area contributed by atoms with Gasteiger partial charge in [0.25, 0.3) is 5.24 Å². The van der Waals surface area contributed by atoms with E-state index in [4.69, 9.17) is 86.6 Å². The van der Waals surface area contributed by atoms with E-state index in [-0.39, 0.29) is 93.7 Å². The molecule has 35 heteroatoms. The van der Waals surface area contributed by atoms with Gasteiger partial charge in [-0.2, -0.15) is 39.5 Å². The molecule has 0 aliphatic rings. The van der Waals surface area contributed by atoms with Gasteiger partial charge in [0.2, 0.25) is 11.8 Å². The highest BCUT2D eigenvalue weighted by Gasteiger charge is 2.37. The number of carbonyl (C=O) groups is 6. The number of hydrogen-bond acceptors (Lipinski definition) is 19. The lowest BCUT2D eigenvalue weighted by atomic mass is 9.77. The first-order valence-corrected chi connectivity index (χ1v) is 33.5. The lowest BCUT2D eigenvalue weighted by Crippen LogP contribution is -2.35. The standard InChI is InChI=1S/C19H13F3N2O3S.C14H12F3NO2S.C14H13NO2.C7H6BF3O2.C7H2Cl4O.C7H9NO3S/c20-19(21,22)13-7-3-1-5-11(13)15-10-28-17(24-15)9-16(25)23-14-8-4-2-6-12(14)18(26)27;1-2-20-13(19)7-12-18-11(8-21-12)9-5-3-4-6-10(9)14(15,16)17;15-13-9-5-4-8-12(13)14(16)17-10-11-6-2-1-3-7-11;9-7(10,11)5-3-1-2-4-6(5)8(12)13;8-3-1-4(9)6(7(11)12)5(10)2-3;1-2-11-7(10)3-6-8-5(9)4-12-6/h1-8,10H,9H2,(H,23,25)(H,26,27);3-6,8H,2,7H2,1H3;1-9H,10,15H2;1-4,12-13H;1-2H;4,9H,2-3H2,1H3. The van der Waals surface area contributed by atoms with Crippen molar-refractivity contribution in [3.8, 4) is 28.4 Å². The average molecular weight is 1570 g/mol. The molecule has 0 atom stereocenters. The summed E-state index contributed by atoms with van der Waals surface area (Å²) < 4.78 is 130. The fraction of sp³-hybridized carbons (Fsp3) is 0.162. The van der Waals surface area contributed by atoms with Crippen molar-refractivity contribution in [3.63, 3.8) is 0 Å². The number of nitrogens with zero attached hydrogens (tertiary/aromatic N) is 3. The van der Waals surface area contributed by atoms with E-state index in [2.05, 4.69) is 20.3 Å². The maximum atomic E-state index is 13.2. The van der Waals surface area contributed by atoms with Gasteiger partial charge in [-0.05, 0) is 85.0 Å². The number of aromatic carboxylic acids is 1. The molecule has 103 heavy (non-hydrogen) atoms. The zero-order valence-electron chi connectivity index (χ0n) is 53.2. The first-order valence-electron chi connectivity index (χ1n) is 29.3. The Morgan fingerprint density at radius 1 is 0.544 bits per heavy atom. The number of ether oxygens (including phenoxy) is 3. The summed E-state index contributed by atoms with van der Waals surface area (Å²) in [7, 11) is -2.10. The minimum Gasteiger partial charge on any atom is -0.493 e. The normalized spacial score (nSPS) is 10.8. The third-order valence-electron chi connectivity index (χ3n) is 12.7. The van der Waals surface area contributed by atoms with Crippen molar-refractivity contribution in [2.75, 3.05) is 24.3 Å². The molecule has 18 nitrogen and oxygen atoms in total. The van der Waals surface area contributed by atoms with E-state index in [0.29, 0.717) is 37.9 Å². The Balaban J connectivity index is 0.000000229. The molecular weight excluding hydrogens is 1510 g/mol. The lowest BCUT2D eigenvalue weighted by molar-refractivity contribution is -0.143. The van der Waals surface area contributed by atoms with Gasteiger partial charge in [-0.25, -0.2) is 24.5 Å². The number of para-hydroxylation sites is 2. The molecule has 7 aromatic carbocycles. The number of halogens is 13. The molecule has 3 aromatic heterocycles. The van der Waals surface area contributed by atoms with Crippen molar-refractivity contribution >= 4 is 139 Å². The molecule has 0 fully saturated rings. The molecule has 7 N–H and O–H groups in total. The Bertz CT molecular complexity index is 4470. The summed E-state index contributed by atoms with van der Waals surface area (Å²) in [5.41, 5.74) is 4.85. The maximum absolute atomic E-state index is 13.2. The van der Waals surface area contributed by atoms with Crippen LogP contribution in [0, 0.1) is 0 Å². The first-order chi connectivity index (χ1) is 48.6. The highest BCUT2D eigenvalue weighted by atomic mass is 35.5. The quantitative estimate of drug-likeness (QED) is 0.0123. The van der Waals surface area contributed by atoms with E-state index in [0.717, 1.165) is 52.5 Å². The second-order valence-corrected chi connectivity index (χ2v) is 24.5. The molecule has 3 heterocycles. The number of carboxylic acids is 1. The number of benzene rings is 7. The number of amides is 1. The summed E-state index contributed by atoms with van der Waals surface area (Å²) in [4.78, 5) is 80.1. The van der Waals surface area contributed by atoms with E-state index in [9.17, 15) is 68.3 Å². The lowest BCUT2D eigenvalue weighted by Gasteiger charge is -2.11. The largest absolute Gasteiger partial charge is 0.493 e. The number of carboxylic acid groups (broad SMARTS) is 1. The fourth-order valence-corrected chi connectivity index (χ4v) is 11.8. The van der Waals surface area contributed by atoms with Gasteiger partial charge >= 0.3 is 49.5 Å². The van der Waals surface area contributed by atoms with Gasteiger partial charge in [-0.15, -0.1) is 34.0 Å². The molecule has 0 spiro atoms. The van der Waals surface area contributed by atoms with Crippen molar-refractivity contribution in [3.05, 3.63) is 249 Å². The number of nitrogen functional groups attached to an aromatic ring is 1. The zero-order valence-corrected chi connectivity index (χ0v) is 58.6. The maximum Gasteiger partial charge on any atom is 0.489 e. The van der Waals surface area contributed by atoms with Crippen LogP contribution in [0.3, 0.4) is 0 Å². The van der Waals surface area contributed by atoms with Crippen LogP contribution in [0.1, 0.15) is 82.2 Å². The summed E-state index contributed by atoms with van der Waals surface area (Å²) in [6.45, 7) is 4.32. The van der Waals surface area contributed by atoms with Gasteiger partial charge in [0, 0.05) is 32.6 Å². The molecule has 1 amide bonds. The van der Waals surface area contributed by atoms with Crippen LogP contribution >= 0.6 is 80.4 Å². The van der Waals surface area contributed by atoms with Gasteiger partial charge in [0.15, 0.2) is 0 Å². The van der Waals surface area contributed by atoms with Crippen molar-refractivity contribution in [2.45, 2.75) is 58.2 Å². The number of nitrogens with one attached hydrogen (secondary N) is 1. The highest BCUT2D eigenvalue weighted by Crippen LogP contribution is 2.39. The molecule has 542 valence electrons. The van der Waals surface area contributed by atoms with Crippen LogP contribution < -0.4 is 16.5 Å². The molecule has 0 radical (unpaired) electrons. The van der Waals surface area contributed by atoms with Gasteiger partial charge in [0.05, 0.1) is 98.4 Å². The van der Waals surface area contributed by atoms with Crippen LogP contribution in [-0.4, -0.2) is 90.6 Å².